The summed E-state index contributed by atoms with van der Waals surface area (Å²) >= 11 is 0. The summed E-state index contributed by atoms with van der Waals surface area (Å²) in [6.07, 6.45) is 8.77. The molecule has 0 aromatic heterocycles. The van der Waals surface area contributed by atoms with Crippen molar-refractivity contribution in [2.45, 2.75) is 71.8 Å². The van der Waals surface area contributed by atoms with Gasteiger partial charge >= 0.3 is 0 Å². The van der Waals surface area contributed by atoms with Crippen molar-refractivity contribution in [3.63, 3.8) is 0 Å². The first-order chi connectivity index (χ1) is 9.96. The second-order valence-corrected chi connectivity index (χ2v) is 7.40. The first-order valence-electron chi connectivity index (χ1n) is 8.63. The number of fused-ring (bicyclic) bond motifs is 1. The smallest absolute Gasteiger partial charge is 0.146 e. The van der Waals surface area contributed by atoms with E-state index in [4.69, 9.17) is 11.2 Å². The van der Waals surface area contributed by atoms with E-state index >= 15 is 0 Å². The molecule has 3 heteroatoms. The van der Waals surface area contributed by atoms with Crippen LogP contribution in [0.4, 0.5) is 0 Å². The van der Waals surface area contributed by atoms with Gasteiger partial charge in [0.1, 0.15) is 31.5 Å². The van der Waals surface area contributed by atoms with Crippen LogP contribution in [0.3, 0.4) is 0 Å². The molecule has 0 aromatic carbocycles. The molecule has 4 atom stereocenters. The summed E-state index contributed by atoms with van der Waals surface area (Å²) in [6, 6.07) is 1.35. The molecule has 0 amide bonds. The Hall–Kier alpha value is -0.560. The summed E-state index contributed by atoms with van der Waals surface area (Å²) in [5.41, 5.74) is 0. The molecule has 0 aliphatic carbocycles. The Morgan fingerprint density at radius 3 is 2.52 bits per heavy atom. The predicted molar refractivity (Wildman–Crippen MR) is 87.7 cm³/mol. The molecule has 4 unspecified atom stereocenters. The van der Waals surface area contributed by atoms with E-state index in [-0.39, 0.29) is 0 Å². The van der Waals surface area contributed by atoms with Crippen molar-refractivity contribution in [3.05, 3.63) is 0 Å². The van der Waals surface area contributed by atoms with Gasteiger partial charge in [-0.25, -0.2) is 4.90 Å². The van der Waals surface area contributed by atoms with Crippen LogP contribution in [-0.2, 0) is 4.74 Å². The van der Waals surface area contributed by atoms with Crippen LogP contribution in [0.1, 0.15) is 47.5 Å². The number of rotatable bonds is 5. The fraction of sp³-hybridized carbons (Fsp3) is 0.889. The minimum Gasteiger partial charge on any atom is -0.360 e. The number of terminal acetylenes is 1. The van der Waals surface area contributed by atoms with E-state index in [0.29, 0.717) is 30.8 Å². The van der Waals surface area contributed by atoms with Gasteiger partial charge in [-0.2, -0.15) is 0 Å². The number of hydrogen-bond donors (Lipinski definition) is 0. The molecule has 2 rings (SSSR count). The van der Waals surface area contributed by atoms with Gasteiger partial charge in [-0.1, -0.05) is 19.8 Å². The van der Waals surface area contributed by atoms with Crippen LogP contribution in [0.15, 0.2) is 0 Å². The standard InChI is InChI=1S/C18H33N2O/c1-7-11-21-16-9-10-18-19(15(5)6)12-17(14(3)4)20(18,8-2)13-16/h1,14-18H,8-13H2,2-6H3/q+1. The summed E-state index contributed by atoms with van der Waals surface area (Å²) in [5, 5.41) is 0. The zero-order valence-electron chi connectivity index (χ0n) is 14.5. The number of piperidine rings is 1. The SMILES string of the molecule is C#CCOC1CCC2N(C(C)C)CC(C(C)C)[N+]2(CC)C1. The first-order valence-corrected chi connectivity index (χ1v) is 8.63. The average Bonchev–Trinajstić information content (AvgIpc) is 2.80. The largest absolute Gasteiger partial charge is 0.360 e. The molecule has 2 fully saturated rings. The molecule has 21 heavy (non-hydrogen) atoms. The third-order valence-electron chi connectivity index (χ3n) is 5.75. The highest BCUT2D eigenvalue weighted by Gasteiger charge is 2.57. The van der Waals surface area contributed by atoms with Gasteiger partial charge in [-0.05, 0) is 27.2 Å². The van der Waals surface area contributed by atoms with E-state index in [0.717, 1.165) is 19.0 Å². The van der Waals surface area contributed by atoms with Crippen LogP contribution >= 0.6 is 0 Å². The predicted octanol–water partition coefficient (Wildman–Crippen LogP) is 2.71. The summed E-state index contributed by atoms with van der Waals surface area (Å²) < 4.78 is 7.13. The quantitative estimate of drug-likeness (QED) is 0.571. The zero-order valence-corrected chi connectivity index (χ0v) is 14.5. The van der Waals surface area contributed by atoms with Gasteiger partial charge in [0.2, 0.25) is 0 Å². The van der Waals surface area contributed by atoms with E-state index in [1.807, 2.05) is 0 Å². The van der Waals surface area contributed by atoms with Gasteiger partial charge in [0, 0.05) is 18.4 Å². The Morgan fingerprint density at radius 2 is 2.00 bits per heavy atom. The highest BCUT2D eigenvalue weighted by atomic mass is 16.5. The van der Waals surface area contributed by atoms with Crippen LogP contribution in [0.2, 0.25) is 0 Å². The fourth-order valence-electron chi connectivity index (χ4n) is 4.74. The Labute approximate surface area is 131 Å². The van der Waals surface area contributed by atoms with Crippen molar-refractivity contribution < 1.29 is 9.22 Å². The third-order valence-corrected chi connectivity index (χ3v) is 5.75. The fourth-order valence-corrected chi connectivity index (χ4v) is 4.74. The Bertz CT molecular complexity index is 387. The van der Waals surface area contributed by atoms with Gasteiger partial charge in [0.25, 0.3) is 0 Å². The van der Waals surface area contributed by atoms with E-state index in [2.05, 4.69) is 45.4 Å². The molecule has 120 valence electrons. The molecular weight excluding hydrogens is 260 g/mol. The van der Waals surface area contributed by atoms with Crippen LogP contribution in [-0.4, -0.2) is 60.0 Å². The molecule has 2 heterocycles. The second kappa shape index (κ2) is 6.69. The maximum atomic E-state index is 5.92. The summed E-state index contributed by atoms with van der Waals surface area (Å²) in [5.74, 6) is 3.34. The Morgan fingerprint density at radius 1 is 1.29 bits per heavy atom. The van der Waals surface area contributed by atoms with Crippen LogP contribution in [0.25, 0.3) is 0 Å². The lowest BCUT2D eigenvalue weighted by Gasteiger charge is -2.50. The molecule has 0 spiro atoms. The minimum atomic E-state index is 0.339. The molecule has 0 N–H and O–H groups in total. The first kappa shape index (κ1) is 16.8. The highest BCUT2D eigenvalue weighted by Crippen LogP contribution is 2.41. The number of likely N-dealkylation sites (N-methyl/N-ethyl adjacent to an activating group) is 1. The van der Waals surface area contributed by atoms with Crippen molar-refractivity contribution in [2.24, 2.45) is 5.92 Å². The zero-order chi connectivity index (χ0) is 15.6. The molecule has 0 bridgehead atoms. The normalized spacial score (nSPS) is 37.0. The van der Waals surface area contributed by atoms with Crippen LogP contribution in [0.5, 0.6) is 0 Å². The molecule has 2 aliphatic rings. The van der Waals surface area contributed by atoms with Crippen LogP contribution in [0, 0.1) is 18.3 Å². The lowest BCUT2D eigenvalue weighted by Crippen LogP contribution is -2.65. The summed E-state index contributed by atoms with van der Waals surface area (Å²) in [6.45, 7) is 15.8. The van der Waals surface area contributed by atoms with Gasteiger partial charge in [-0.3, -0.25) is 0 Å². The van der Waals surface area contributed by atoms with Crippen molar-refractivity contribution in [2.75, 3.05) is 26.2 Å². The monoisotopic (exact) mass is 293 g/mol. The molecule has 2 saturated heterocycles. The van der Waals surface area contributed by atoms with Gasteiger partial charge in [0.15, 0.2) is 0 Å². The van der Waals surface area contributed by atoms with Gasteiger partial charge in [-0.15, -0.1) is 6.42 Å². The Balaban J connectivity index is 2.25. The lowest BCUT2D eigenvalue weighted by atomic mass is 9.95. The van der Waals surface area contributed by atoms with Crippen molar-refractivity contribution >= 4 is 0 Å². The summed E-state index contributed by atoms with van der Waals surface area (Å²) in [7, 11) is 0. The molecule has 0 saturated carbocycles. The van der Waals surface area contributed by atoms with E-state index < -0.39 is 0 Å². The number of hydrogen-bond acceptors (Lipinski definition) is 2. The summed E-state index contributed by atoms with van der Waals surface area (Å²) in [4.78, 5) is 2.74. The number of nitrogens with zero attached hydrogens (tertiary/aromatic N) is 2. The molecule has 2 aliphatic heterocycles. The molecular formula is C18H33N2O+. The van der Waals surface area contributed by atoms with Crippen molar-refractivity contribution in [1.82, 2.24) is 4.90 Å². The maximum absolute atomic E-state index is 5.92. The maximum Gasteiger partial charge on any atom is 0.146 e. The molecule has 0 aromatic rings. The average molecular weight is 293 g/mol. The van der Waals surface area contributed by atoms with E-state index in [1.165, 1.54) is 24.0 Å². The molecule has 0 radical (unpaired) electrons. The lowest BCUT2D eigenvalue weighted by molar-refractivity contribution is -0.974. The molecule has 3 nitrogen and oxygen atoms in total. The van der Waals surface area contributed by atoms with Gasteiger partial charge < -0.3 is 9.22 Å². The second-order valence-electron chi connectivity index (χ2n) is 7.40. The minimum absolute atomic E-state index is 0.339. The van der Waals surface area contributed by atoms with Crippen molar-refractivity contribution in [3.8, 4) is 12.3 Å². The van der Waals surface area contributed by atoms with Crippen molar-refractivity contribution in [1.29, 1.82) is 0 Å². The topological polar surface area (TPSA) is 12.5 Å². The Kier molecular flexibility index (Phi) is 5.35. The van der Waals surface area contributed by atoms with E-state index in [9.17, 15) is 0 Å². The third kappa shape index (κ3) is 2.99. The van der Waals surface area contributed by atoms with Crippen LogP contribution < -0.4 is 0 Å². The highest BCUT2D eigenvalue weighted by molar-refractivity contribution is 4.89. The van der Waals surface area contributed by atoms with Gasteiger partial charge in [0.05, 0.1) is 13.1 Å². The number of quaternary nitrogens is 1. The number of ether oxygens (including phenoxy) is 1. The van der Waals surface area contributed by atoms with E-state index in [1.54, 1.807) is 0 Å².